The Morgan fingerprint density at radius 1 is 0.727 bits per heavy atom. The number of hydrogen-bond acceptors (Lipinski definition) is 5. The van der Waals surface area contributed by atoms with Crippen molar-refractivity contribution in [2.45, 2.75) is 42.5 Å². The second kappa shape index (κ2) is 8.71. The van der Waals surface area contributed by atoms with Crippen LogP contribution in [0.4, 0.5) is 70.7 Å². The molecule has 0 radical (unpaired) electrons. The third kappa shape index (κ3) is 5.97. The average molecular weight is 531 g/mol. The number of amides is 1. The van der Waals surface area contributed by atoms with Crippen molar-refractivity contribution < 1.29 is 89.6 Å². The molecule has 1 saturated heterocycles. The van der Waals surface area contributed by atoms with Crippen molar-refractivity contribution in [3.8, 4) is 0 Å². The smallest absolute Gasteiger partial charge is 0.447 e. The maximum atomic E-state index is 13.3. The summed E-state index contributed by atoms with van der Waals surface area (Å²) in [5, 5.41) is 0. The Kier molecular flexibility index (Phi) is 7.69. The fourth-order valence-corrected chi connectivity index (χ4v) is 1.74. The summed E-state index contributed by atoms with van der Waals surface area (Å²) in [4.78, 5) is 11.5. The minimum Gasteiger partial charge on any atom is -0.447 e. The van der Waals surface area contributed by atoms with Gasteiger partial charge in [0, 0.05) is 0 Å². The minimum atomic E-state index is -7.92. The highest BCUT2D eigenvalue weighted by molar-refractivity contribution is 5.69. The first kappa shape index (κ1) is 29.1. The topological polar surface area (TPSA) is 57.2 Å². The molecular weight excluding hydrogens is 523 g/mol. The predicted octanol–water partition coefficient (Wildman–Crippen LogP) is 4.65. The van der Waals surface area contributed by atoms with Crippen LogP contribution in [0, 0.1) is 0 Å². The molecule has 0 unspecified atom stereocenters. The lowest BCUT2D eigenvalue weighted by molar-refractivity contribution is -0.543. The third-order valence-electron chi connectivity index (χ3n) is 3.35. The van der Waals surface area contributed by atoms with E-state index in [1.165, 1.54) is 4.74 Å². The molecule has 0 aromatic rings. The monoisotopic (exact) mass is 531 g/mol. The van der Waals surface area contributed by atoms with Crippen LogP contribution in [0.1, 0.15) is 0 Å². The number of hydrogen-bond donors (Lipinski definition) is 0. The van der Waals surface area contributed by atoms with Gasteiger partial charge in [-0.25, -0.2) is 14.3 Å². The van der Waals surface area contributed by atoms with E-state index in [1.807, 2.05) is 0 Å². The summed E-state index contributed by atoms with van der Waals surface area (Å²) < 4.78 is 204. The van der Waals surface area contributed by atoms with Crippen LogP contribution < -0.4 is 0 Å². The van der Waals surface area contributed by atoms with Gasteiger partial charge < -0.3 is 9.47 Å². The number of cyclic esters (lactones) is 1. The number of halogens is 15. The highest BCUT2D eigenvalue weighted by Gasteiger charge is 2.85. The number of ether oxygens (including phenoxy) is 4. The Morgan fingerprint density at radius 2 is 1.21 bits per heavy atom. The average Bonchev–Trinajstić information content (AvgIpc) is 2.96. The molecule has 21 heteroatoms. The van der Waals surface area contributed by atoms with Crippen LogP contribution in [-0.2, 0) is 18.9 Å². The molecule has 1 rings (SSSR count). The van der Waals surface area contributed by atoms with Gasteiger partial charge in [-0.1, -0.05) is 0 Å². The van der Waals surface area contributed by atoms with Gasteiger partial charge in [0.05, 0.1) is 6.54 Å². The molecule has 1 aliphatic heterocycles. The summed E-state index contributed by atoms with van der Waals surface area (Å²) >= 11 is 0. The zero-order chi connectivity index (χ0) is 26.3. The Morgan fingerprint density at radius 3 is 1.64 bits per heavy atom. The summed E-state index contributed by atoms with van der Waals surface area (Å²) in [5.74, 6) is -15.7. The van der Waals surface area contributed by atoms with Crippen molar-refractivity contribution in [2.75, 3.05) is 26.5 Å². The van der Waals surface area contributed by atoms with Crippen molar-refractivity contribution in [3.05, 3.63) is 0 Å². The summed E-state index contributed by atoms with van der Waals surface area (Å²) in [7, 11) is 0. The molecule has 0 spiro atoms. The first-order valence-electron chi connectivity index (χ1n) is 7.64. The van der Waals surface area contributed by atoms with Gasteiger partial charge in [0.15, 0.2) is 0 Å². The van der Waals surface area contributed by atoms with E-state index in [0.717, 1.165) is 0 Å². The predicted molar refractivity (Wildman–Crippen MR) is 66.8 cm³/mol. The van der Waals surface area contributed by atoms with Crippen molar-refractivity contribution >= 4 is 6.09 Å². The van der Waals surface area contributed by atoms with Crippen LogP contribution in [0.25, 0.3) is 0 Å². The molecule has 6 nitrogen and oxygen atoms in total. The first-order chi connectivity index (χ1) is 14.4. The summed E-state index contributed by atoms with van der Waals surface area (Å²) in [6, 6.07) is 0. The quantitative estimate of drug-likeness (QED) is 0.364. The van der Waals surface area contributed by atoms with Crippen molar-refractivity contribution in [3.63, 3.8) is 0 Å². The van der Waals surface area contributed by atoms with Crippen LogP contribution in [-0.4, -0.2) is 79.9 Å². The molecule has 1 fully saturated rings. The van der Waals surface area contributed by atoms with E-state index in [1.54, 1.807) is 0 Å². The van der Waals surface area contributed by atoms with Crippen molar-refractivity contribution in [1.29, 1.82) is 0 Å². The number of carbonyl (C=O) groups excluding carboxylic acids is 1. The van der Waals surface area contributed by atoms with Crippen molar-refractivity contribution in [2.24, 2.45) is 0 Å². The van der Waals surface area contributed by atoms with Gasteiger partial charge in [0.2, 0.25) is 0 Å². The van der Waals surface area contributed by atoms with Gasteiger partial charge in [-0.15, -0.1) is 0 Å². The normalized spacial score (nSPS) is 17.5. The molecule has 0 saturated carbocycles. The van der Waals surface area contributed by atoms with Gasteiger partial charge in [-0.05, 0) is 0 Å². The number of rotatable bonds is 11. The lowest BCUT2D eigenvalue weighted by Crippen LogP contribution is -2.64. The third-order valence-corrected chi connectivity index (χ3v) is 3.35. The van der Waals surface area contributed by atoms with Crippen LogP contribution >= 0.6 is 0 Å². The molecular formula is C12H8F15NO5. The van der Waals surface area contributed by atoms with Crippen LogP contribution in [0.5, 0.6) is 0 Å². The lowest BCUT2D eigenvalue weighted by atomic mass is 10.1. The fourth-order valence-electron chi connectivity index (χ4n) is 1.74. The Balaban J connectivity index is 2.94. The highest BCUT2D eigenvalue weighted by Crippen LogP contribution is 2.55. The number of carbonyl (C=O) groups is 1. The first-order valence-corrected chi connectivity index (χ1v) is 7.64. The zero-order valence-corrected chi connectivity index (χ0v) is 15.0. The Labute approximate surface area is 171 Å². The molecule has 0 bridgehead atoms. The molecule has 33 heavy (non-hydrogen) atoms. The second-order valence-corrected chi connectivity index (χ2v) is 5.89. The maximum Gasteiger partial charge on any atom is 0.460 e. The molecule has 1 heterocycles. The van der Waals surface area contributed by atoms with Crippen LogP contribution in [0.2, 0.25) is 0 Å². The molecule has 0 atom stereocenters. The Hall–Kier alpha value is -1.90. The van der Waals surface area contributed by atoms with E-state index in [9.17, 15) is 70.7 Å². The second-order valence-electron chi connectivity index (χ2n) is 5.89. The van der Waals surface area contributed by atoms with Gasteiger partial charge in [-0.2, -0.15) is 65.9 Å². The summed E-state index contributed by atoms with van der Waals surface area (Å²) in [5.41, 5.74) is 0. The van der Waals surface area contributed by atoms with E-state index in [4.69, 9.17) is 0 Å². The fraction of sp³-hybridized carbons (Fsp3) is 0.917. The molecule has 0 aromatic heterocycles. The standard InChI is InChI=1S/C12H8F15NO5/c13-6(14,3-30-4-28-1-2-31-5(28)29)32-11(24,25)12(26,27)33-10(22,23)8(17,18)7(15,16)9(19,20)21/h1-4H2. The van der Waals surface area contributed by atoms with Crippen LogP contribution in [0.15, 0.2) is 0 Å². The Bertz CT molecular complexity index is 710. The molecule has 0 aromatic carbocycles. The maximum absolute atomic E-state index is 13.3. The van der Waals surface area contributed by atoms with Gasteiger partial charge in [0.25, 0.3) is 0 Å². The summed E-state index contributed by atoms with van der Waals surface area (Å²) in [6.07, 6.45) is -36.3. The number of alkyl halides is 15. The largest absolute Gasteiger partial charge is 0.460 e. The molecule has 1 amide bonds. The number of nitrogens with zero attached hydrogens (tertiary/aromatic N) is 1. The van der Waals surface area contributed by atoms with Gasteiger partial charge >= 0.3 is 48.5 Å². The van der Waals surface area contributed by atoms with E-state index in [2.05, 4.69) is 14.2 Å². The van der Waals surface area contributed by atoms with Crippen LogP contribution in [0.3, 0.4) is 0 Å². The zero-order valence-electron chi connectivity index (χ0n) is 15.0. The SMILES string of the molecule is O=C1OCCN1COCC(F)(F)OC(F)(F)C(F)(F)OC(F)(F)C(F)(F)C(F)(F)C(F)(F)F. The lowest BCUT2D eigenvalue weighted by Gasteiger charge is -2.36. The molecule has 0 N–H and O–H groups in total. The molecule has 0 aliphatic carbocycles. The van der Waals surface area contributed by atoms with E-state index >= 15 is 0 Å². The van der Waals surface area contributed by atoms with Gasteiger partial charge in [0.1, 0.15) is 19.9 Å². The molecule has 1 aliphatic rings. The highest BCUT2D eigenvalue weighted by atomic mass is 19.4. The molecule has 196 valence electrons. The minimum absolute atomic E-state index is 0.247. The van der Waals surface area contributed by atoms with Crippen molar-refractivity contribution in [1.82, 2.24) is 4.90 Å². The van der Waals surface area contributed by atoms with Gasteiger partial charge in [-0.3, -0.25) is 4.90 Å². The van der Waals surface area contributed by atoms with E-state index < -0.39 is 61.9 Å². The van der Waals surface area contributed by atoms with E-state index in [-0.39, 0.29) is 13.2 Å². The van der Waals surface area contributed by atoms with E-state index in [0.29, 0.717) is 4.90 Å². The summed E-state index contributed by atoms with van der Waals surface area (Å²) in [6.45, 7) is -4.02.